The second kappa shape index (κ2) is 11.3. The third-order valence-corrected chi connectivity index (χ3v) is 6.94. The molecule has 0 aliphatic carbocycles. The summed E-state index contributed by atoms with van der Waals surface area (Å²) in [6, 6.07) is 20.3. The minimum absolute atomic E-state index is 0.0766. The summed E-state index contributed by atoms with van der Waals surface area (Å²) >= 11 is 0. The van der Waals surface area contributed by atoms with E-state index in [1.807, 2.05) is 35.2 Å². The monoisotopic (exact) mass is 433 g/mol. The van der Waals surface area contributed by atoms with Gasteiger partial charge in [0.15, 0.2) is 0 Å². The van der Waals surface area contributed by atoms with Gasteiger partial charge < -0.3 is 10.2 Å². The maximum Gasteiger partial charge on any atom is 0.236 e. The van der Waals surface area contributed by atoms with E-state index >= 15 is 0 Å². The number of rotatable bonds is 7. The highest BCUT2D eigenvalue weighted by Gasteiger charge is 2.27. The lowest BCUT2D eigenvalue weighted by Gasteiger charge is -2.36. The maximum atomic E-state index is 12.9. The van der Waals surface area contributed by atoms with Crippen molar-refractivity contribution in [3.63, 3.8) is 0 Å². The molecule has 2 amide bonds. The number of amides is 2. The lowest BCUT2D eigenvalue weighted by atomic mass is 9.90. The van der Waals surface area contributed by atoms with Crippen molar-refractivity contribution in [2.24, 2.45) is 5.92 Å². The van der Waals surface area contributed by atoms with Crippen LogP contribution in [0, 0.1) is 5.92 Å². The van der Waals surface area contributed by atoms with Crippen LogP contribution in [0.25, 0.3) is 0 Å². The number of carbonyl (C=O) groups excluding carboxylic acids is 2. The summed E-state index contributed by atoms with van der Waals surface area (Å²) in [7, 11) is 0. The van der Waals surface area contributed by atoms with Gasteiger partial charge in [-0.15, -0.1) is 0 Å². The van der Waals surface area contributed by atoms with Gasteiger partial charge in [-0.3, -0.25) is 14.5 Å². The molecule has 0 bridgehead atoms. The highest BCUT2D eigenvalue weighted by atomic mass is 16.2. The van der Waals surface area contributed by atoms with Crippen LogP contribution >= 0.6 is 0 Å². The Hall–Kier alpha value is -2.66. The Bertz CT molecular complexity index is 863. The second-order valence-corrected chi connectivity index (χ2v) is 9.26. The Kier molecular flexibility index (Phi) is 7.94. The van der Waals surface area contributed by atoms with Crippen LogP contribution in [0.3, 0.4) is 0 Å². The van der Waals surface area contributed by atoms with Gasteiger partial charge in [0.25, 0.3) is 0 Å². The maximum absolute atomic E-state index is 12.9. The molecule has 2 aliphatic heterocycles. The molecule has 0 aromatic heterocycles. The zero-order chi connectivity index (χ0) is 22.2. The quantitative estimate of drug-likeness (QED) is 0.698. The van der Waals surface area contributed by atoms with Crippen LogP contribution in [0.2, 0.25) is 0 Å². The van der Waals surface area contributed by atoms with Crippen LogP contribution in [0.15, 0.2) is 60.7 Å². The number of nitrogens with one attached hydrogen (secondary N) is 1. The van der Waals surface area contributed by atoms with E-state index in [1.54, 1.807) is 0 Å². The van der Waals surface area contributed by atoms with Crippen molar-refractivity contribution in [2.75, 3.05) is 38.0 Å². The van der Waals surface area contributed by atoms with Gasteiger partial charge in [-0.2, -0.15) is 0 Å². The summed E-state index contributed by atoms with van der Waals surface area (Å²) in [4.78, 5) is 29.5. The molecule has 2 aromatic rings. The van der Waals surface area contributed by atoms with Gasteiger partial charge in [0.05, 0.1) is 6.54 Å². The van der Waals surface area contributed by atoms with Crippen molar-refractivity contribution in [1.29, 1.82) is 0 Å². The van der Waals surface area contributed by atoms with Crippen molar-refractivity contribution >= 4 is 17.5 Å². The van der Waals surface area contributed by atoms with Crippen LogP contribution in [-0.4, -0.2) is 54.3 Å². The number of carbonyl (C=O) groups is 2. The fourth-order valence-corrected chi connectivity index (χ4v) is 5.04. The second-order valence-electron chi connectivity index (χ2n) is 9.26. The molecule has 170 valence electrons. The molecule has 2 aromatic carbocycles. The van der Waals surface area contributed by atoms with E-state index in [4.69, 9.17) is 0 Å². The zero-order valence-corrected chi connectivity index (χ0v) is 18.9. The molecule has 0 saturated carbocycles. The molecule has 2 aliphatic rings. The van der Waals surface area contributed by atoms with Crippen molar-refractivity contribution in [3.8, 4) is 0 Å². The summed E-state index contributed by atoms with van der Waals surface area (Å²) in [6.45, 7) is 4.16. The average molecular weight is 434 g/mol. The van der Waals surface area contributed by atoms with Crippen LogP contribution in [-0.2, 0) is 9.59 Å². The first kappa shape index (κ1) is 22.5. The molecule has 2 heterocycles. The Morgan fingerprint density at radius 2 is 1.56 bits per heavy atom. The van der Waals surface area contributed by atoms with E-state index in [1.165, 1.54) is 12.0 Å². The Balaban J connectivity index is 1.16. The number of para-hydroxylation sites is 1. The highest BCUT2D eigenvalue weighted by Crippen LogP contribution is 2.27. The minimum Gasteiger partial charge on any atom is -0.342 e. The molecule has 2 saturated heterocycles. The van der Waals surface area contributed by atoms with Crippen molar-refractivity contribution in [3.05, 3.63) is 66.2 Å². The molecule has 1 N–H and O–H groups in total. The molecular formula is C27H35N3O2. The predicted octanol–water partition coefficient (Wildman–Crippen LogP) is 4.52. The fraction of sp³-hybridized carbons (Fsp3) is 0.481. The number of anilines is 1. The molecule has 1 atom stereocenters. The molecule has 32 heavy (non-hydrogen) atoms. The van der Waals surface area contributed by atoms with E-state index in [2.05, 4.69) is 40.5 Å². The third kappa shape index (κ3) is 6.42. The van der Waals surface area contributed by atoms with E-state index in [9.17, 15) is 9.59 Å². The van der Waals surface area contributed by atoms with E-state index in [-0.39, 0.29) is 11.8 Å². The smallest absolute Gasteiger partial charge is 0.236 e. The van der Waals surface area contributed by atoms with Crippen LogP contribution < -0.4 is 5.32 Å². The largest absolute Gasteiger partial charge is 0.342 e. The van der Waals surface area contributed by atoms with Crippen molar-refractivity contribution in [2.45, 2.75) is 44.4 Å². The minimum atomic E-state index is 0.0766. The normalized spacial score (nSPS) is 20.1. The van der Waals surface area contributed by atoms with Crippen molar-refractivity contribution < 1.29 is 9.59 Å². The van der Waals surface area contributed by atoms with Crippen molar-refractivity contribution in [1.82, 2.24) is 9.80 Å². The van der Waals surface area contributed by atoms with Crippen LogP contribution in [0.5, 0.6) is 0 Å². The fourth-order valence-electron chi connectivity index (χ4n) is 5.04. The third-order valence-electron chi connectivity index (χ3n) is 6.94. The van der Waals surface area contributed by atoms with Gasteiger partial charge in [0.1, 0.15) is 0 Å². The summed E-state index contributed by atoms with van der Waals surface area (Å²) in [6.07, 6.45) is 5.79. The number of nitrogens with zero attached hydrogens (tertiary/aromatic N) is 2. The number of likely N-dealkylation sites (tertiary alicyclic amines) is 2. The molecule has 4 rings (SSSR count). The number of piperidine rings is 2. The molecular weight excluding hydrogens is 398 g/mol. The standard InChI is InChI=1S/C27H35N3O2/c31-26(28-25-11-5-2-6-12-25)14-13-22-15-18-30(19-16-22)27(32)21-29-17-7-10-24(20-29)23-8-3-1-4-9-23/h1-6,8-9,11-12,22,24H,7,10,13-21H2,(H,28,31)/t24-/m1/s1. The van der Waals surface area contributed by atoms with Gasteiger partial charge in [0, 0.05) is 31.7 Å². The average Bonchev–Trinajstić information content (AvgIpc) is 2.84. The van der Waals surface area contributed by atoms with Gasteiger partial charge in [-0.05, 0) is 68.2 Å². The topological polar surface area (TPSA) is 52.7 Å². The Morgan fingerprint density at radius 1 is 0.875 bits per heavy atom. The van der Waals surface area contributed by atoms with E-state index in [0.717, 1.165) is 57.5 Å². The Labute approximate surface area is 191 Å². The summed E-state index contributed by atoms with van der Waals surface area (Å²) in [5.41, 5.74) is 2.24. The molecule has 2 fully saturated rings. The van der Waals surface area contributed by atoms with Gasteiger partial charge >= 0.3 is 0 Å². The first-order valence-electron chi connectivity index (χ1n) is 12.1. The first-order valence-corrected chi connectivity index (χ1v) is 12.1. The molecule has 0 radical (unpaired) electrons. The van der Waals surface area contributed by atoms with Gasteiger partial charge in [0.2, 0.25) is 11.8 Å². The number of hydrogen-bond acceptors (Lipinski definition) is 3. The predicted molar refractivity (Wildman–Crippen MR) is 128 cm³/mol. The summed E-state index contributed by atoms with van der Waals surface area (Å²) < 4.78 is 0. The summed E-state index contributed by atoms with van der Waals surface area (Å²) in [5, 5.41) is 2.96. The summed E-state index contributed by atoms with van der Waals surface area (Å²) in [5.74, 6) is 1.40. The van der Waals surface area contributed by atoms with Crippen LogP contribution in [0.1, 0.15) is 50.0 Å². The highest BCUT2D eigenvalue weighted by molar-refractivity contribution is 5.90. The van der Waals surface area contributed by atoms with Gasteiger partial charge in [-0.1, -0.05) is 48.5 Å². The molecule has 5 nitrogen and oxygen atoms in total. The molecule has 0 spiro atoms. The van der Waals surface area contributed by atoms with Crippen LogP contribution in [0.4, 0.5) is 5.69 Å². The van der Waals surface area contributed by atoms with E-state index in [0.29, 0.717) is 24.8 Å². The Morgan fingerprint density at radius 3 is 2.28 bits per heavy atom. The molecule has 0 unspecified atom stereocenters. The van der Waals surface area contributed by atoms with E-state index < -0.39 is 0 Å². The number of hydrogen-bond donors (Lipinski definition) is 1. The zero-order valence-electron chi connectivity index (χ0n) is 18.9. The lowest BCUT2D eigenvalue weighted by molar-refractivity contribution is -0.134. The number of benzene rings is 2. The lowest BCUT2D eigenvalue weighted by Crippen LogP contribution is -2.46. The molecule has 5 heteroatoms. The SMILES string of the molecule is O=C(CCC1CCN(C(=O)CN2CCC[C@@H](c3ccccc3)C2)CC1)Nc1ccccc1. The van der Waals surface area contributed by atoms with Gasteiger partial charge in [-0.25, -0.2) is 0 Å². The first-order chi connectivity index (χ1) is 15.7.